The van der Waals surface area contributed by atoms with Crippen LogP contribution in [0.5, 0.6) is 5.75 Å². The number of aryl methyl sites for hydroxylation is 2. The third-order valence-electron chi connectivity index (χ3n) is 3.59. The van der Waals surface area contributed by atoms with E-state index in [-0.39, 0.29) is 12.3 Å². The Balaban J connectivity index is 1.76. The number of nitrogens with one attached hydrogen (secondary N) is 2. The maximum Gasteiger partial charge on any atom is 0.279 e. The highest BCUT2D eigenvalue weighted by molar-refractivity contribution is 9.10. The molecule has 2 N–H and O–H groups in total. The van der Waals surface area contributed by atoms with Gasteiger partial charge in [-0.25, -0.2) is 0 Å². The highest BCUT2D eigenvalue weighted by Crippen LogP contribution is 2.18. The smallest absolute Gasteiger partial charge is 0.279 e. The van der Waals surface area contributed by atoms with Gasteiger partial charge in [0, 0.05) is 16.5 Å². The van der Waals surface area contributed by atoms with Crippen molar-refractivity contribution in [1.29, 1.82) is 0 Å². The standard InChI is InChI=1S/C17H20BrN3O4/c1-10-15(11(2)25-21-10)7-8-16(22)19-20-17(23)12(3)24-14-6-4-5-13(18)9-14/h4-6,9,12H,7-8H2,1-3H3,(H,19,22)(H,20,23)/t12-/m0/s1. The second-order valence-corrected chi connectivity index (χ2v) is 6.47. The minimum atomic E-state index is -0.753. The molecular weight excluding hydrogens is 390 g/mol. The van der Waals surface area contributed by atoms with Crippen LogP contribution < -0.4 is 15.6 Å². The Bertz CT molecular complexity index is 741. The van der Waals surface area contributed by atoms with Gasteiger partial charge in [-0.3, -0.25) is 20.4 Å². The van der Waals surface area contributed by atoms with Gasteiger partial charge in [-0.05, 0) is 45.4 Å². The molecular formula is C17H20BrN3O4. The number of carbonyl (C=O) groups is 2. The minimum absolute atomic E-state index is 0.212. The summed E-state index contributed by atoms with van der Waals surface area (Å²) in [6.07, 6.45) is -0.0473. The van der Waals surface area contributed by atoms with E-state index in [9.17, 15) is 9.59 Å². The zero-order valence-electron chi connectivity index (χ0n) is 14.3. The summed E-state index contributed by atoms with van der Waals surface area (Å²) in [5.74, 6) is 0.515. The van der Waals surface area contributed by atoms with Crippen LogP contribution in [0.25, 0.3) is 0 Å². The SMILES string of the molecule is Cc1noc(C)c1CCC(=O)NNC(=O)[C@H](C)Oc1cccc(Br)c1. The molecule has 0 unspecified atom stereocenters. The molecule has 0 fully saturated rings. The summed E-state index contributed by atoms with van der Waals surface area (Å²) in [6.45, 7) is 5.23. The van der Waals surface area contributed by atoms with Crippen LogP contribution in [0.15, 0.2) is 33.3 Å². The van der Waals surface area contributed by atoms with Gasteiger partial charge in [0.15, 0.2) is 6.10 Å². The summed E-state index contributed by atoms with van der Waals surface area (Å²) >= 11 is 3.33. The minimum Gasteiger partial charge on any atom is -0.481 e. The molecule has 2 rings (SSSR count). The number of carbonyl (C=O) groups excluding carboxylic acids is 2. The lowest BCUT2D eigenvalue weighted by Gasteiger charge is -2.15. The molecule has 1 aromatic heterocycles. The van der Waals surface area contributed by atoms with Gasteiger partial charge in [0.25, 0.3) is 5.91 Å². The Morgan fingerprint density at radius 3 is 2.72 bits per heavy atom. The Labute approximate surface area is 154 Å². The van der Waals surface area contributed by atoms with Crippen molar-refractivity contribution in [3.8, 4) is 5.75 Å². The summed E-state index contributed by atoms with van der Waals surface area (Å²) < 4.78 is 11.4. The molecule has 0 spiro atoms. The predicted molar refractivity (Wildman–Crippen MR) is 94.8 cm³/mol. The average Bonchev–Trinajstić information content (AvgIpc) is 2.89. The third kappa shape index (κ3) is 5.60. The van der Waals surface area contributed by atoms with Crippen molar-refractivity contribution in [3.63, 3.8) is 0 Å². The number of halogens is 1. The fourth-order valence-corrected chi connectivity index (χ4v) is 2.57. The number of rotatable bonds is 6. The fourth-order valence-electron chi connectivity index (χ4n) is 2.19. The molecule has 2 amide bonds. The zero-order chi connectivity index (χ0) is 18.4. The van der Waals surface area contributed by atoms with Crippen LogP contribution in [0.3, 0.4) is 0 Å². The quantitative estimate of drug-likeness (QED) is 0.715. The lowest BCUT2D eigenvalue weighted by atomic mass is 10.1. The molecule has 0 aliphatic carbocycles. The second-order valence-electron chi connectivity index (χ2n) is 5.56. The molecule has 0 radical (unpaired) electrons. The van der Waals surface area contributed by atoms with Gasteiger partial charge in [-0.2, -0.15) is 0 Å². The first kappa shape index (κ1) is 19.0. The first-order valence-electron chi connectivity index (χ1n) is 7.79. The summed E-state index contributed by atoms with van der Waals surface area (Å²) in [7, 11) is 0. The summed E-state index contributed by atoms with van der Waals surface area (Å²) in [5.41, 5.74) is 6.42. The molecule has 25 heavy (non-hydrogen) atoms. The molecule has 0 aliphatic heterocycles. The van der Waals surface area contributed by atoms with Crippen molar-refractivity contribution in [2.45, 2.75) is 39.7 Å². The van der Waals surface area contributed by atoms with Crippen LogP contribution in [0.1, 0.15) is 30.4 Å². The van der Waals surface area contributed by atoms with E-state index in [2.05, 4.69) is 31.9 Å². The lowest BCUT2D eigenvalue weighted by molar-refractivity contribution is -0.132. The number of aromatic nitrogens is 1. The number of benzene rings is 1. The van der Waals surface area contributed by atoms with Gasteiger partial charge in [-0.1, -0.05) is 27.2 Å². The zero-order valence-corrected chi connectivity index (χ0v) is 15.8. The monoisotopic (exact) mass is 409 g/mol. The van der Waals surface area contributed by atoms with Crippen molar-refractivity contribution in [2.24, 2.45) is 0 Å². The van der Waals surface area contributed by atoms with Crippen LogP contribution in [0, 0.1) is 13.8 Å². The largest absolute Gasteiger partial charge is 0.481 e. The molecule has 1 heterocycles. The van der Waals surface area contributed by atoms with E-state index < -0.39 is 12.0 Å². The number of amides is 2. The second kappa shape index (κ2) is 8.66. The Morgan fingerprint density at radius 1 is 1.32 bits per heavy atom. The molecule has 0 saturated heterocycles. The van der Waals surface area contributed by atoms with E-state index in [0.717, 1.165) is 15.7 Å². The van der Waals surface area contributed by atoms with Crippen LogP contribution in [0.4, 0.5) is 0 Å². The number of hydrogen-bond donors (Lipinski definition) is 2. The number of ether oxygens (including phenoxy) is 1. The Kier molecular flexibility index (Phi) is 6.58. The highest BCUT2D eigenvalue weighted by atomic mass is 79.9. The van der Waals surface area contributed by atoms with Crippen molar-refractivity contribution in [2.75, 3.05) is 0 Å². The molecule has 0 saturated carbocycles. The van der Waals surface area contributed by atoms with E-state index in [4.69, 9.17) is 9.26 Å². The molecule has 0 bridgehead atoms. The Morgan fingerprint density at radius 2 is 2.08 bits per heavy atom. The van der Waals surface area contributed by atoms with E-state index in [1.165, 1.54) is 0 Å². The van der Waals surface area contributed by atoms with Gasteiger partial charge in [0.2, 0.25) is 5.91 Å². The fraction of sp³-hybridized carbons (Fsp3) is 0.353. The van der Waals surface area contributed by atoms with Crippen LogP contribution >= 0.6 is 15.9 Å². The maximum atomic E-state index is 12.0. The highest BCUT2D eigenvalue weighted by Gasteiger charge is 2.16. The number of hydrogen-bond acceptors (Lipinski definition) is 5. The van der Waals surface area contributed by atoms with Crippen LogP contribution in [-0.2, 0) is 16.0 Å². The van der Waals surface area contributed by atoms with Gasteiger partial charge < -0.3 is 9.26 Å². The van der Waals surface area contributed by atoms with E-state index in [1.807, 2.05) is 13.0 Å². The number of hydrazine groups is 1. The predicted octanol–water partition coefficient (Wildman–Crippen LogP) is 2.60. The van der Waals surface area contributed by atoms with E-state index in [0.29, 0.717) is 17.9 Å². The maximum absolute atomic E-state index is 12.0. The van der Waals surface area contributed by atoms with E-state index in [1.54, 1.807) is 32.0 Å². The summed E-state index contributed by atoms with van der Waals surface area (Å²) in [5, 5.41) is 3.84. The van der Waals surface area contributed by atoms with Gasteiger partial charge >= 0.3 is 0 Å². The number of nitrogens with zero attached hydrogens (tertiary/aromatic N) is 1. The van der Waals surface area contributed by atoms with Crippen LogP contribution in [-0.4, -0.2) is 23.1 Å². The first-order chi connectivity index (χ1) is 11.9. The van der Waals surface area contributed by atoms with Gasteiger partial charge in [-0.15, -0.1) is 0 Å². The summed E-state index contributed by atoms with van der Waals surface area (Å²) in [4.78, 5) is 23.9. The molecule has 7 nitrogen and oxygen atoms in total. The lowest BCUT2D eigenvalue weighted by Crippen LogP contribution is -2.47. The Hall–Kier alpha value is -2.35. The molecule has 2 aromatic rings. The summed E-state index contributed by atoms with van der Waals surface area (Å²) in [6, 6.07) is 7.17. The van der Waals surface area contributed by atoms with Crippen molar-refractivity contribution < 1.29 is 18.8 Å². The van der Waals surface area contributed by atoms with E-state index >= 15 is 0 Å². The van der Waals surface area contributed by atoms with Crippen molar-refractivity contribution in [1.82, 2.24) is 16.0 Å². The third-order valence-corrected chi connectivity index (χ3v) is 4.08. The topological polar surface area (TPSA) is 93.5 Å². The van der Waals surface area contributed by atoms with Crippen LogP contribution in [0.2, 0.25) is 0 Å². The van der Waals surface area contributed by atoms with Gasteiger partial charge in [0.05, 0.1) is 5.69 Å². The normalized spacial score (nSPS) is 11.7. The average molecular weight is 410 g/mol. The van der Waals surface area contributed by atoms with Crippen molar-refractivity contribution in [3.05, 3.63) is 45.8 Å². The molecule has 0 aliphatic rings. The molecule has 134 valence electrons. The molecule has 8 heteroatoms. The first-order valence-corrected chi connectivity index (χ1v) is 8.58. The van der Waals surface area contributed by atoms with Crippen molar-refractivity contribution >= 4 is 27.7 Å². The van der Waals surface area contributed by atoms with Gasteiger partial charge in [0.1, 0.15) is 11.5 Å². The molecule has 1 aromatic carbocycles. The molecule has 1 atom stereocenters.